The van der Waals surface area contributed by atoms with Gasteiger partial charge in [-0.3, -0.25) is 4.79 Å². The molecule has 102 valence electrons. The summed E-state index contributed by atoms with van der Waals surface area (Å²) in [5.41, 5.74) is 0. The second-order valence-corrected chi connectivity index (χ2v) is 4.67. The molecular weight excluding hydrogens is 232 g/mol. The van der Waals surface area contributed by atoms with Gasteiger partial charge in [-0.2, -0.15) is 0 Å². The zero-order valence-corrected chi connectivity index (χ0v) is 11.0. The number of esters is 2. The smallest absolute Gasteiger partial charge is 0.330 e. The van der Waals surface area contributed by atoms with E-state index in [1.54, 1.807) is 0 Å². The predicted molar refractivity (Wildman–Crippen MR) is 67.9 cm³/mol. The van der Waals surface area contributed by atoms with Gasteiger partial charge in [0, 0.05) is 6.08 Å². The van der Waals surface area contributed by atoms with E-state index in [4.69, 9.17) is 9.47 Å². The van der Waals surface area contributed by atoms with E-state index in [0.717, 1.165) is 37.7 Å². The summed E-state index contributed by atoms with van der Waals surface area (Å²) in [4.78, 5) is 22.5. The highest BCUT2D eigenvalue weighted by Gasteiger charge is 2.26. The summed E-state index contributed by atoms with van der Waals surface area (Å²) in [6.07, 6.45) is 6.35. The van der Waals surface area contributed by atoms with Crippen LogP contribution >= 0.6 is 0 Å². The Balaban J connectivity index is 2.14. The van der Waals surface area contributed by atoms with E-state index in [9.17, 15) is 9.59 Å². The van der Waals surface area contributed by atoms with Gasteiger partial charge in [-0.15, -0.1) is 0 Å². The molecule has 0 aromatic heterocycles. The molecule has 0 radical (unpaired) electrons. The van der Waals surface area contributed by atoms with Gasteiger partial charge in [-0.25, -0.2) is 4.79 Å². The molecule has 0 bridgehead atoms. The summed E-state index contributed by atoms with van der Waals surface area (Å²) < 4.78 is 9.82. The van der Waals surface area contributed by atoms with Gasteiger partial charge in [0.05, 0.1) is 5.92 Å². The van der Waals surface area contributed by atoms with Crippen molar-refractivity contribution < 1.29 is 19.1 Å². The Labute approximate surface area is 108 Å². The molecule has 0 aromatic carbocycles. The molecule has 18 heavy (non-hydrogen) atoms. The lowest BCUT2D eigenvalue weighted by Crippen LogP contribution is -2.25. The molecule has 1 fully saturated rings. The van der Waals surface area contributed by atoms with Crippen molar-refractivity contribution in [2.24, 2.45) is 11.8 Å². The molecule has 1 rings (SSSR count). The molecule has 0 N–H and O–H groups in total. The van der Waals surface area contributed by atoms with Crippen LogP contribution in [0.3, 0.4) is 0 Å². The minimum atomic E-state index is -0.491. The number of carbonyl (C=O) groups is 2. The summed E-state index contributed by atoms with van der Waals surface area (Å²) in [7, 11) is 0. The third-order valence-electron chi connectivity index (χ3n) is 3.50. The van der Waals surface area contributed by atoms with Gasteiger partial charge in [0.15, 0.2) is 0 Å². The first kappa shape index (κ1) is 14.7. The van der Waals surface area contributed by atoms with E-state index in [1.165, 1.54) is 6.42 Å². The number of ether oxygens (including phenoxy) is 2. The van der Waals surface area contributed by atoms with Crippen LogP contribution in [0.2, 0.25) is 0 Å². The SMILES string of the molecule is C=CC(=O)OCCOC(=O)C1CCC(CC)CC1. The average molecular weight is 254 g/mol. The van der Waals surface area contributed by atoms with Crippen LogP contribution in [0.1, 0.15) is 39.0 Å². The van der Waals surface area contributed by atoms with Crippen LogP contribution in [0.4, 0.5) is 0 Å². The number of rotatable bonds is 6. The Hall–Kier alpha value is -1.32. The van der Waals surface area contributed by atoms with E-state index < -0.39 is 5.97 Å². The summed E-state index contributed by atoms with van der Waals surface area (Å²) >= 11 is 0. The fourth-order valence-corrected chi connectivity index (χ4v) is 2.27. The van der Waals surface area contributed by atoms with E-state index in [-0.39, 0.29) is 25.1 Å². The van der Waals surface area contributed by atoms with Crippen LogP contribution in [0.25, 0.3) is 0 Å². The highest BCUT2D eigenvalue weighted by atomic mass is 16.6. The average Bonchev–Trinajstić information content (AvgIpc) is 2.43. The highest BCUT2D eigenvalue weighted by molar-refractivity contribution is 5.81. The minimum Gasteiger partial charge on any atom is -0.462 e. The molecule has 0 saturated heterocycles. The van der Waals surface area contributed by atoms with Gasteiger partial charge in [0.1, 0.15) is 13.2 Å². The Bertz CT molecular complexity index is 290. The monoisotopic (exact) mass is 254 g/mol. The Kier molecular flexibility index (Phi) is 6.47. The van der Waals surface area contributed by atoms with Crippen LogP contribution in [-0.4, -0.2) is 25.2 Å². The second kappa shape index (κ2) is 7.90. The van der Waals surface area contributed by atoms with Crippen LogP contribution < -0.4 is 0 Å². The fraction of sp³-hybridized carbons (Fsp3) is 0.714. The van der Waals surface area contributed by atoms with Crippen molar-refractivity contribution >= 4 is 11.9 Å². The highest BCUT2D eigenvalue weighted by Crippen LogP contribution is 2.31. The third kappa shape index (κ3) is 4.90. The molecule has 4 nitrogen and oxygen atoms in total. The maximum Gasteiger partial charge on any atom is 0.330 e. The van der Waals surface area contributed by atoms with Crippen molar-refractivity contribution in [2.75, 3.05) is 13.2 Å². The fourth-order valence-electron chi connectivity index (χ4n) is 2.27. The maximum atomic E-state index is 11.7. The Morgan fingerprint density at radius 2 is 1.78 bits per heavy atom. The van der Waals surface area contributed by atoms with Crippen molar-refractivity contribution in [2.45, 2.75) is 39.0 Å². The molecule has 0 amide bonds. The zero-order chi connectivity index (χ0) is 13.4. The van der Waals surface area contributed by atoms with Gasteiger partial charge >= 0.3 is 11.9 Å². The van der Waals surface area contributed by atoms with E-state index in [0.29, 0.717) is 0 Å². The van der Waals surface area contributed by atoms with Crippen LogP contribution in [0, 0.1) is 11.8 Å². The van der Waals surface area contributed by atoms with Crippen molar-refractivity contribution in [3.05, 3.63) is 12.7 Å². The standard InChI is InChI=1S/C14H22O4/c1-3-11-5-7-12(8-6-11)14(16)18-10-9-17-13(15)4-2/h4,11-12H,2-3,5-10H2,1H3. The van der Waals surface area contributed by atoms with Crippen LogP contribution in [0.15, 0.2) is 12.7 Å². The van der Waals surface area contributed by atoms with E-state index >= 15 is 0 Å². The topological polar surface area (TPSA) is 52.6 Å². The van der Waals surface area contributed by atoms with Crippen molar-refractivity contribution in [3.8, 4) is 0 Å². The van der Waals surface area contributed by atoms with Gasteiger partial charge in [-0.1, -0.05) is 19.9 Å². The molecule has 0 atom stereocenters. The molecule has 1 aliphatic carbocycles. The van der Waals surface area contributed by atoms with E-state index in [2.05, 4.69) is 13.5 Å². The molecule has 0 spiro atoms. The first-order chi connectivity index (χ1) is 8.67. The summed E-state index contributed by atoms with van der Waals surface area (Å²) in [6, 6.07) is 0. The Morgan fingerprint density at radius 3 is 2.33 bits per heavy atom. The predicted octanol–water partition coefficient (Wildman–Crippen LogP) is 2.48. The molecule has 4 heteroatoms. The van der Waals surface area contributed by atoms with Crippen LogP contribution in [0.5, 0.6) is 0 Å². The van der Waals surface area contributed by atoms with Crippen molar-refractivity contribution in [3.63, 3.8) is 0 Å². The second-order valence-electron chi connectivity index (χ2n) is 4.67. The van der Waals surface area contributed by atoms with E-state index in [1.807, 2.05) is 0 Å². The minimum absolute atomic E-state index is 0.0305. The summed E-state index contributed by atoms with van der Waals surface area (Å²) in [6.45, 7) is 5.70. The number of carbonyl (C=O) groups excluding carboxylic acids is 2. The van der Waals surface area contributed by atoms with Crippen molar-refractivity contribution in [1.29, 1.82) is 0 Å². The van der Waals surface area contributed by atoms with Gasteiger partial charge in [-0.05, 0) is 31.6 Å². The molecular formula is C14H22O4. The quantitative estimate of drug-likeness (QED) is 0.415. The zero-order valence-electron chi connectivity index (χ0n) is 11.0. The molecule has 0 aromatic rings. The third-order valence-corrected chi connectivity index (χ3v) is 3.50. The number of hydrogen-bond acceptors (Lipinski definition) is 4. The molecule has 1 saturated carbocycles. The summed E-state index contributed by atoms with van der Waals surface area (Å²) in [5.74, 6) is 0.152. The summed E-state index contributed by atoms with van der Waals surface area (Å²) in [5, 5.41) is 0. The first-order valence-electron chi connectivity index (χ1n) is 6.63. The Morgan fingerprint density at radius 1 is 1.17 bits per heavy atom. The molecule has 0 unspecified atom stereocenters. The van der Waals surface area contributed by atoms with Gasteiger partial charge in [0.25, 0.3) is 0 Å². The van der Waals surface area contributed by atoms with Gasteiger partial charge < -0.3 is 9.47 Å². The van der Waals surface area contributed by atoms with Crippen LogP contribution in [-0.2, 0) is 19.1 Å². The maximum absolute atomic E-state index is 11.7. The largest absolute Gasteiger partial charge is 0.462 e. The lowest BCUT2D eigenvalue weighted by molar-refractivity contribution is -0.154. The molecule has 0 heterocycles. The molecule has 1 aliphatic rings. The molecule has 0 aliphatic heterocycles. The van der Waals surface area contributed by atoms with Gasteiger partial charge in [0.2, 0.25) is 0 Å². The van der Waals surface area contributed by atoms with Crippen molar-refractivity contribution in [1.82, 2.24) is 0 Å². The lowest BCUT2D eigenvalue weighted by Gasteiger charge is -2.26. The normalized spacial score (nSPS) is 23.2. The number of hydrogen-bond donors (Lipinski definition) is 0. The lowest BCUT2D eigenvalue weighted by atomic mass is 9.81. The first-order valence-corrected chi connectivity index (χ1v) is 6.63.